The van der Waals surface area contributed by atoms with Crippen molar-refractivity contribution in [1.82, 2.24) is 4.58 Å². The molecule has 2 N–H and O–H groups in total. The molecule has 4 nitrogen and oxygen atoms in total. The van der Waals surface area contributed by atoms with E-state index in [2.05, 4.69) is 55.8 Å². The Morgan fingerprint density at radius 2 is 1.44 bits per heavy atom. The summed E-state index contributed by atoms with van der Waals surface area (Å²) < 4.78 is 2.08. The fourth-order valence-electron chi connectivity index (χ4n) is 4.46. The third-order valence-electron chi connectivity index (χ3n) is 6.64. The van der Waals surface area contributed by atoms with Crippen LogP contribution in [0.3, 0.4) is 0 Å². The van der Waals surface area contributed by atoms with Gasteiger partial charge in [-0.2, -0.15) is 4.58 Å². The maximum Gasteiger partial charge on any atom is 0.335 e. The van der Waals surface area contributed by atoms with Crippen LogP contribution in [0.2, 0.25) is 0 Å². The van der Waals surface area contributed by atoms with Gasteiger partial charge in [0.25, 0.3) is 0 Å². The number of carboxylic acids is 1. The molecule has 0 fully saturated rings. The third kappa shape index (κ3) is 4.31. The van der Waals surface area contributed by atoms with E-state index in [0.717, 1.165) is 23.5 Å². The van der Waals surface area contributed by atoms with Crippen molar-refractivity contribution in [2.75, 3.05) is 5.32 Å². The van der Waals surface area contributed by atoms with Gasteiger partial charge in [-0.25, -0.2) is 10.1 Å². The molecule has 164 valence electrons. The summed E-state index contributed by atoms with van der Waals surface area (Å²) in [5.41, 5.74) is 6.25. The van der Waals surface area contributed by atoms with Gasteiger partial charge in [0, 0.05) is 0 Å². The molecule has 32 heavy (non-hydrogen) atoms. The topological polar surface area (TPSA) is 52.3 Å². The smallest absolute Gasteiger partial charge is 0.335 e. The van der Waals surface area contributed by atoms with Crippen LogP contribution in [0.4, 0.5) is 17.1 Å². The molecule has 0 aromatic heterocycles. The molecule has 0 saturated heterocycles. The lowest BCUT2D eigenvalue weighted by Crippen LogP contribution is -2.33. The average Bonchev–Trinajstić information content (AvgIpc) is 2.78. The number of benzene rings is 3. The molecule has 0 unspecified atom stereocenters. The summed E-state index contributed by atoms with van der Waals surface area (Å²) in [4.78, 5) is 11.3. The molecule has 0 atom stereocenters. The Morgan fingerprint density at radius 1 is 0.844 bits per heavy atom. The van der Waals surface area contributed by atoms with E-state index in [4.69, 9.17) is 0 Å². The van der Waals surface area contributed by atoms with Crippen LogP contribution in [0.5, 0.6) is 0 Å². The van der Waals surface area contributed by atoms with Gasteiger partial charge in [-0.15, -0.1) is 0 Å². The summed E-state index contributed by atoms with van der Waals surface area (Å²) in [6.45, 7) is 9.30. The van der Waals surface area contributed by atoms with E-state index in [9.17, 15) is 9.90 Å². The van der Waals surface area contributed by atoms with E-state index in [1.165, 1.54) is 17.5 Å². The number of carboxylic acid groups (broad SMARTS) is 1. The Labute approximate surface area is 190 Å². The second-order valence-corrected chi connectivity index (χ2v) is 9.86. The van der Waals surface area contributed by atoms with Crippen molar-refractivity contribution >= 4 is 29.4 Å². The zero-order chi connectivity index (χ0) is 22.9. The fourth-order valence-corrected chi connectivity index (χ4v) is 4.46. The highest BCUT2D eigenvalue weighted by Crippen LogP contribution is 2.46. The lowest BCUT2D eigenvalue weighted by Gasteiger charge is -2.41. The number of hydrogen-bond donors (Lipinski definition) is 2. The maximum absolute atomic E-state index is 11.3. The molecule has 3 aromatic carbocycles. The fraction of sp³-hybridized carbons (Fsp3) is 0.286. The first-order valence-corrected chi connectivity index (χ1v) is 11.1. The van der Waals surface area contributed by atoms with Gasteiger partial charge in [0.15, 0.2) is 0 Å². The van der Waals surface area contributed by atoms with E-state index in [-0.39, 0.29) is 16.4 Å². The van der Waals surface area contributed by atoms with Crippen LogP contribution in [0.1, 0.15) is 62.0 Å². The standard InChI is InChI=1S/C28H30N2O2/c1-27(2)16-17-28(3,4)25-18-23(14-15-24(25)27)30(19-29-21-8-6-5-7-9-21)22-12-10-20(11-13-22)26(31)32/h5-15,18-19H,16-17H2,1-4H3,(H,31,32)/p+1. The number of carbonyl (C=O) groups is 1. The SMILES string of the molecule is CC1(C)CCC(C)(C)c2cc([N+](=CNc3ccccc3)c3ccc(C(=O)O)cc3)ccc21. The summed E-state index contributed by atoms with van der Waals surface area (Å²) in [7, 11) is 0. The van der Waals surface area contributed by atoms with Crippen LogP contribution in [0.25, 0.3) is 0 Å². The summed E-state index contributed by atoms with van der Waals surface area (Å²) in [6, 6.07) is 23.7. The van der Waals surface area contributed by atoms with Crippen LogP contribution in [0.15, 0.2) is 72.8 Å². The van der Waals surface area contributed by atoms with Crippen LogP contribution in [-0.2, 0) is 10.8 Å². The molecule has 0 spiro atoms. The first-order valence-electron chi connectivity index (χ1n) is 11.1. The number of fused-ring (bicyclic) bond motifs is 1. The summed E-state index contributed by atoms with van der Waals surface area (Å²) in [5, 5.41) is 12.7. The molecule has 4 heteroatoms. The van der Waals surface area contributed by atoms with Gasteiger partial charge >= 0.3 is 5.97 Å². The molecule has 0 radical (unpaired) electrons. The first-order chi connectivity index (χ1) is 15.2. The molecule has 1 aliphatic rings. The average molecular weight is 428 g/mol. The van der Waals surface area contributed by atoms with Gasteiger partial charge in [-0.1, -0.05) is 52.0 Å². The summed E-state index contributed by atoms with van der Waals surface area (Å²) >= 11 is 0. The van der Waals surface area contributed by atoms with Crippen molar-refractivity contribution < 1.29 is 9.90 Å². The highest BCUT2D eigenvalue weighted by molar-refractivity contribution is 5.88. The number of anilines is 1. The van der Waals surface area contributed by atoms with Crippen molar-refractivity contribution in [3.05, 3.63) is 89.5 Å². The number of hydrogen-bond acceptors (Lipinski definition) is 1. The quantitative estimate of drug-likeness (QED) is 0.270. The minimum Gasteiger partial charge on any atom is -0.478 e. The number of para-hydroxylation sites is 1. The zero-order valence-corrected chi connectivity index (χ0v) is 19.2. The van der Waals surface area contributed by atoms with Gasteiger partial charge in [0.1, 0.15) is 17.1 Å². The molecule has 0 aliphatic heterocycles. The third-order valence-corrected chi connectivity index (χ3v) is 6.64. The lowest BCUT2D eigenvalue weighted by molar-refractivity contribution is 0.0697. The second kappa shape index (κ2) is 8.27. The minimum atomic E-state index is -0.924. The Hall–Kier alpha value is -3.40. The minimum absolute atomic E-state index is 0.104. The van der Waals surface area contributed by atoms with Crippen molar-refractivity contribution in [3.63, 3.8) is 0 Å². The normalized spacial score (nSPS) is 16.8. The highest BCUT2D eigenvalue weighted by atomic mass is 16.4. The number of rotatable bonds is 5. The predicted octanol–water partition coefficient (Wildman–Crippen LogP) is 6.71. The Balaban J connectivity index is 1.82. The van der Waals surface area contributed by atoms with Gasteiger partial charge in [0.2, 0.25) is 6.34 Å². The summed E-state index contributed by atoms with van der Waals surface area (Å²) in [5.74, 6) is -0.924. The van der Waals surface area contributed by atoms with Crippen LogP contribution >= 0.6 is 0 Å². The zero-order valence-electron chi connectivity index (χ0n) is 19.2. The molecule has 0 amide bonds. The van der Waals surface area contributed by atoms with Crippen molar-refractivity contribution in [2.24, 2.45) is 0 Å². The van der Waals surface area contributed by atoms with Crippen LogP contribution < -0.4 is 9.89 Å². The second-order valence-electron chi connectivity index (χ2n) is 9.86. The molecule has 4 rings (SSSR count). The Kier molecular flexibility index (Phi) is 5.64. The number of nitrogens with zero attached hydrogens (tertiary/aromatic N) is 1. The van der Waals surface area contributed by atoms with E-state index < -0.39 is 5.97 Å². The number of aromatic carboxylic acids is 1. The lowest BCUT2D eigenvalue weighted by atomic mass is 9.63. The molecular formula is C28H31N2O2+. The molecule has 0 saturated carbocycles. The van der Waals surface area contributed by atoms with Gasteiger partial charge < -0.3 is 5.11 Å². The van der Waals surface area contributed by atoms with Gasteiger partial charge in [0.05, 0.1) is 5.56 Å². The molecule has 1 aliphatic carbocycles. The molecule has 0 bridgehead atoms. The van der Waals surface area contributed by atoms with E-state index in [0.29, 0.717) is 0 Å². The number of nitrogens with one attached hydrogen (secondary N) is 1. The Morgan fingerprint density at radius 3 is 2.06 bits per heavy atom. The highest BCUT2D eigenvalue weighted by Gasteiger charge is 2.37. The van der Waals surface area contributed by atoms with Gasteiger partial charge in [-0.3, -0.25) is 0 Å². The van der Waals surface area contributed by atoms with E-state index in [1.807, 2.05) is 48.8 Å². The summed E-state index contributed by atoms with van der Waals surface area (Å²) in [6.07, 6.45) is 4.26. The predicted molar refractivity (Wildman–Crippen MR) is 133 cm³/mol. The first kappa shape index (κ1) is 21.8. The van der Waals surface area contributed by atoms with Crippen molar-refractivity contribution in [2.45, 2.75) is 51.4 Å². The molecule has 3 aromatic rings. The Bertz CT molecular complexity index is 1160. The van der Waals surface area contributed by atoms with Crippen molar-refractivity contribution in [3.8, 4) is 0 Å². The van der Waals surface area contributed by atoms with Gasteiger partial charge in [-0.05, 0) is 83.3 Å². The van der Waals surface area contributed by atoms with Crippen LogP contribution in [0, 0.1) is 0 Å². The van der Waals surface area contributed by atoms with Crippen LogP contribution in [-0.4, -0.2) is 17.4 Å². The maximum atomic E-state index is 11.3. The van der Waals surface area contributed by atoms with E-state index in [1.54, 1.807) is 12.1 Å². The monoisotopic (exact) mass is 427 g/mol. The molecular weight excluding hydrogens is 396 g/mol. The molecule has 0 heterocycles. The van der Waals surface area contributed by atoms with E-state index >= 15 is 0 Å². The van der Waals surface area contributed by atoms with Crippen molar-refractivity contribution in [1.29, 1.82) is 0 Å². The largest absolute Gasteiger partial charge is 0.478 e.